The van der Waals surface area contributed by atoms with Gasteiger partial charge in [0.25, 0.3) is 0 Å². The van der Waals surface area contributed by atoms with Crippen molar-refractivity contribution in [2.75, 3.05) is 24.4 Å². The monoisotopic (exact) mass is 438 g/mol. The number of nitrogens with zero attached hydrogens (tertiary/aromatic N) is 1. The van der Waals surface area contributed by atoms with Crippen LogP contribution in [0.15, 0.2) is 28.0 Å². The Morgan fingerprint density at radius 1 is 1.31 bits per heavy atom. The van der Waals surface area contributed by atoms with E-state index in [4.69, 9.17) is 11.6 Å². The number of rotatable bonds is 6. The molecule has 1 saturated heterocycles. The van der Waals surface area contributed by atoms with Crippen molar-refractivity contribution in [2.24, 2.45) is 5.92 Å². The highest BCUT2D eigenvalue weighted by molar-refractivity contribution is 8.00. The van der Waals surface area contributed by atoms with Crippen LogP contribution in [0.5, 0.6) is 0 Å². The van der Waals surface area contributed by atoms with Crippen molar-refractivity contribution in [2.45, 2.75) is 28.7 Å². The lowest BCUT2D eigenvalue weighted by molar-refractivity contribution is -0.123. The van der Waals surface area contributed by atoms with Gasteiger partial charge in [-0.2, -0.15) is 4.31 Å². The van der Waals surface area contributed by atoms with Crippen LogP contribution in [-0.4, -0.2) is 57.5 Å². The van der Waals surface area contributed by atoms with E-state index in [2.05, 4.69) is 5.32 Å². The molecule has 1 aliphatic heterocycles. The van der Waals surface area contributed by atoms with E-state index >= 15 is 0 Å². The first-order valence-electron chi connectivity index (χ1n) is 7.97. The Labute approximate surface area is 162 Å². The fraction of sp³-hybridized carbons (Fsp3) is 0.533. The summed E-state index contributed by atoms with van der Waals surface area (Å²) in [6.07, 6.45) is 3.15. The second-order valence-corrected chi connectivity index (χ2v) is 11.7. The molecule has 1 heterocycles. The average Bonchev–Trinajstić information content (AvgIpc) is 3.24. The van der Waals surface area contributed by atoms with E-state index in [9.17, 15) is 21.6 Å². The van der Waals surface area contributed by atoms with Crippen molar-refractivity contribution in [3.63, 3.8) is 0 Å². The molecule has 1 saturated carbocycles. The van der Waals surface area contributed by atoms with Gasteiger partial charge in [-0.15, -0.1) is 11.8 Å². The zero-order valence-electron chi connectivity index (χ0n) is 14.0. The van der Waals surface area contributed by atoms with Gasteiger partial charge in [0.15, 0.2) is 9.84 Å². The van der Waals surface area contributed by atoms with Crippen molar-refractivity contribution in [3.05, 3.63) is 23.2 Å². The van der Waals surface area contributed by atoms with Gasteiger partial charge in [-0.1, -0.05) is 11.6 Å². The molecule has 0 spiro atoms. The van der Waals surface area contributed by atoms with Crippen LogP contribution in [0.1, 0.15) is 12.8 Å². The molecule has 1 aromatic rings. The Morgan fingerprint density at radius 3 is 2.62 bits per heavy atom. The molecular formula is C15H19ClN2O5S3. The molecule has 0 bridgehead atoms. The number of carbonyl (C=O) groups is 1. The largest absolute Gasteiger partial charge is 0.354 e. The molecule has 1 N–H and O–H groups in total. The molecule has 1 aliphatic carbocycles. The second-order valence-electron chi connectivity index (χ2n) is 6.46. The number of sulfone groups is 1. The molecule has 7 nitrogen and oxygen atoms in total. The topological polar surface area (TPSA) is 101 Å². The predicted molar refractivity (Wildman–Crippen MR) is 100 cm³/mol. The van der Waals surface area contributed by atoms with Crippen LogP contribution in [0.3, 0.4) is 0 Å². The molecule has 3 rings (SSSR count). The molecule has 1 amide bonds. The number of thioether (sulfide) groups is 1. The Hall–Kier alpha value is -0.810. The fourth-order valence-electron chi connectivity index (χ4n) is 2.59. The lowest BCUT2D eigenvalue weighted by atomic mass is 10.3. The molecule has 144 valence electrons. The molecule has 2 fully saturated rings. The molecular weight excluding hydrogens is 420 g/mol. The molecule has 2 aliphatic rings. The zero-order valence-corrected chi connectivity index (χ0v) is 17.2. The Morgan fingerprint density at radius 2 is 2.00 bits per heavy atom. The van der Waals surface area contributed by atoms with Crippen molar-refractivity contribution in [3.8, 4) is 0 Å². The molecule has 26 heavy (non-hydrogen) atoms. The van der Waals surface area contributed by atoms with Gasteiger partial charge < -0.3 is 5.32 Å². The van der Waals surface area contributed by atoms with E-state index in [1.165, 1.54) is 23.9 Å². The highest BCUT2D eigenvalue weighted by Gasteiger charge is 2.41. The molecule has 0 radical (unpaired) electrons. The van der Waals surface area contributed by atoms with Gasteiger partial charge in [0.05, 0.1) is 15.8 Å². The molecule has 1 atom stereocenters. The van der Waals surface area contributed by atoms with Crippen molar-refractivity contribution < 1.29 is 21.6 Å². The summed E-state index contributed by atoms with van der Waals surface area (Å²) in [7, 11) is -7.71. The number of hydrogen-bond donors (Lipinski definition) is 1. The van der Waals surface area contributed by atoms with Crippen LogP contribution in [0.4, 0.5) is 0 Å². The summed E-state index contributed by atoms with van der Waals surface area (Å²) < 4.78 is 50.7. The lowest BCUT2D eigenvalue weighted by Gasteiger charge is -2.23. The van der Waals surface area contributed by atoms with Gasteiger partial charge in [-0.25, -0.2) is 16.8 Å². The number of carbonyl (C=O) groups excluding carboxylic acids is 1. The number of amides is 1. The van der Waals surface area contributed by atoms with E-state index in [0.717, 1.165) is 29.5 Å². The third kappa shape index (κ3) is 4.19. The summed E-state index contributed by atoms with van der Waals surface area (Å²) in [5.74, 6) is 0.613. The van der Waals surface area contributed by atoms with E-state index in [1.807, 2.05) is 0 Å². The van der Waals surface area contributed by atoms with Crippen molar-refractivity contribution >= 4 is 49.1 Å². The molecule has 0 aromatic heterocycles. The van der Waals surface area contributed by atoms with Crippen molar-refractivity contribution in [1.29, 1.82) is 0 Å². The first-order chi connectivity index (χ1) is 12.1. The van der Waals surface area contributed by atoms with Gasteiger partial charge >= 0.3 is 0 Å². The molecule has 1 unspecified atom stereocenters. The highest BCUT2D eigenvalue weighted by atomic mass is 35.5. The predicted octanol–water partition coefficient (Wildman–Crippen LogP) is 1.33. The lowest BCUT2D eigenvalue weighted by Crippen LogP contribution is -2.47. The van der Waals surface area contributed by atoms with Gasteiger partial charge in [0, 0.05) is 18.6 Å². The smallest absolute Gasteiger partial charge is 0.246 e. The summed E-state index contributed by atoms with van der Waals surface area (Å²) in [5, 5.41) is 2.73. The number of nitrogens with one attached hydrogen (secondary N) is 1. The van der Waals surface area contributed by atoms with Crippen LogP contribution in [0.2, 0.25) is 5.02 Å². The minimum atomic E-state index is -4.11. The van der Waals surface area contributed by atoms with Crippen LogP contribution >= 0.6 is 23.4 Å². The van der Waals surface area contributed by atoms with Gasteiger partial charge in [-0.05, 0) is 37.0 Å². The SMILES string of the molecule is CS(=O)(=O)c1ccc(Cl)c(S(=O)(=O)N2CSCC2C(=O)NCC2CC2)c1. The number of benzene rings is 1. The Bertz CT molecular complexity index is 929. The fourth-order valence-corrected chi connectivity index (χ4v) is 6.97. The second kappa shape index (κ2) is 7.31. The van der Waals surface area contributed by atoms with E-state index < -0.39 is 25.9 Å². The van der Waals surface area contributed by atoms with Crippen LogP contribution in [0.25, 0.3) is 0 Å². The minimum Gasteiger partial charge on any atom is -0.354 e. The summed E-state index contributed by atoms with van der Waals surface area (Å²) >= 11 is 7.37. The standard InChI is InChI=1S/C15H19ClN2O5S3/c1-25(20,21)11-4-5-12(16)14(6-11)26(22,23)18-9-24-8-13(18)15(19)17-7-10-2-3-10/h4-6,10,13H,2-3,7-9H2,1H3,(H,17,19). The first kappa shape index (κ1) is 19.9. The van der Waals surface area contributed by atoms with Crippen LogP contribution < -0.4 is 5.32 Å². The number of halogens is 1. The van der Waals surface area contributed by atoms with Crippen LogP contribution in [0, 0.1) is 5.92 Å². The zero-order chi connectivity index (χ0) is 19.1. The maximum absolute atomic E-state index is 13.1. The number of hydrogen-bond acceptors (Lipinski definition) is 6. The van der Waals surface area contributed by atoms with Crippen LogP contribution in [-0.2, 0) is 24.7 Å². The van der Waals surface area contributed by atoms with E-state index in [0.29, 0.717) is 18.2 Å². The summed E-state index contributed by atoms with van der Waals surface area (Å²) in [6.45, 7) is 0.554. The molecule has 1 aromatic carbocycles. The third-order valence-electron chi connectivity index (χ3n) is 4.32. The summed E-state index contributed by atoms with van der Waals surface area (Å²) in [5.41, 5.74) is 0. The first-order valence-corrected chi connectivity index (χ1v) is 12.8. The minimum absolute atomic E-state index is 0.0774. The number of sulfonamides is 1. The normalized spacial score (nSPS) is 21.7. The summed E-state index contributed by atoms with van der Waals surface area (Å²) in [6, 6.07) is 2.72. The Kier molecular flexibility index (Phi) is 5.60. The van der Waals surface area contributed by atoms with Gasteiger partial charge in [-0.3, -0.25) is 4.79 Å². The Balaban J connectivity index is 1.90. The van der Waals surface area contributed by atoms with Crippen molar-refractivity contribution in [1.82, 2.24) is 9.62 Å². The maximum Gasteiger partial charge on any atom is 0.246 e. The van der Waals surface area contributed by atoms with Gasteiger partial charge in [0.2, 0.25) is 15.9 Å². The van der Waals surface area contributed by atoms with E-state index in [-0.39, 0.29) is 26.6 Å². The average molecular weight is 439 g/mol. The van der Waals surface area contributed by atoms with E-state index in [1.54, 1.807) is 0 Å². The molecule has 11 heteroatoms. The maximum atomic E-state index is 13.1. The third-order valence-corrected chi connectivity index (χ3v) is 8.95. The quantitative estimate of drug-likeness (QED) is 0.719. The highest BCUT2D eigenvalue weighted by Crippen LogP contribution is 2.33. The van der Waals surface area contributed by atoms with Gasteiger partial charge in [0.1, 0.15) is 10.9 Å². The summed E-state index contributed by atoms with van der Waals surface area (Å²) in [4.78, 5) is 12.0.